The first-order valence-electron chi connectivity index (χ1n) is 18.6. The van der Waals surface area contributed by atoms with E-state index >= 15 is 0 Å². The molecule has 2 amide bonds. The molecule has 0 radical (unpaired) electrons. The lowest BCUT2D eigenvalue weighted by Gasteiger charge is -2.26. The Morgan fingerprint density at radius 3 is 1.92 bits per heavy atom. The maximum Gasteiger partial charge on any atom is 0.407 e. The fourth-order valence-corrected chi connectivity index (χ4v) is 7.75. The number of carbonyl (C=O) groups excluding carboxylic acids is 2. The Balaban J connectivity index is 1.37. The molecule has 0 saturated carbocycles. The van der Waals surface area contributed by atoms with E-state index in [1.807, 2.05) is 18.3 Å². The first-order chi connectivity index (χ1) is 25.5. The minimum absolute atomic E-state index is 0.0640. The number of rotatable bonds is 18. The van der Waals surface area contributed by atoms with Crippen molar-refractivity contribution >= 4 is 45.5 Å². The van der Waals surface area contributed by atoms with E-state index in [2.05, 4.69) is 72.6 Å². The van der Waals surface area contributed by atoms with Crippen molar-refractivity contribution in [1.82, 2.24) is 35.6 Å². The molecule has 0 aliphatic heterocycles. The Bertz CT molecular complexity index is 1950. The molecule has 4 aromatic heterocycles. The Morgan fingerprint density at radius 1 is 0.755 bits per heavy atom. The summed E-state index contributed by atoms with van der Waals surface area (Å²) in [4.78, 5) is 48.3. The number of hydrogen-bond donors (Lipinski definition) is 6. The Hall–Kier alpha value is -4.53. The molecule has 0 spiro atoms. The molecule has 286 valence electrons. The molecule has 4 heterocycles. The van der Waals surface area contributed by atoms with Gasteiger partial charge in [0.15, 0.2) is 0 Å². The van der Waals surface area contributed by atoms with E-state index in [-0.39, 0.29) is 35.8 Å². The van der Waals surface area contributed by atoms with E-state index in [9.17, 15) is 9.59 Å². The van der Waals surface area contributed by atoms with Crippen LogP contribution in [0.3, 0.4) is 0 Å². The van der Waals surface area contributed by atoms with E-state index in [0.717, 1.165) is 86.8 Å². The number of thiophene rings is 1. The molecule has 4 atom stereocenters. The third kappa shape index (κ3) is 9.92. The van der Waals surface area contributed by atoms with Crippen LogP contribution in [0.4, 0.5) is 9.59 Å². The Labute approximate surface area is 315 Å². The van der Waals surface area contributed by atoms with Crippen molar-refractivity contribution < 1.29 is 19.1 Å². The van der Waals surface area contributed by atoms with Gasteiger partial charge in [-0.1, -0.05) is 27.7 Å². The number of ether oxygens (including phenoxy) is 2. The summed E-state index contributed by atoms with van der Waals surface area (Å²) in [5.41, 5.74) is 16.3. The lowest BCUT2D eigenvalue weighted by molar-refractivity contribution is 0.160. The highest BCUT2D eigenvalue weighted by molar-refractivity contribution is 7.18. The highest BCUT2D eigenvalue weighted by Gasteiger charge is 2.26. The number of nitrogens with one attached hydrogen (secondary N) is 4. The van der Waals surface area contributed by atoms with Crippen LogP contribution in [0.25, 0.3) is 43.1 Å². The first kappa shape index (κ1) is 39.7. The fourth-order valence-electron chi connectivity index (χ4n) is 6.81. The highest BCUT2D eigenvalue weighted by atomic mass is 32.1. The summed E-state index contributed by atoms with van der Waals surface area (Å²) in [6, 6.07) is 12.2. The lowest BCUT2D eigenvalue weighted by Crippen LogP contribution is -2.39. The number of pyridine rings is 1. The number of aromatic amines is 2. The third-order valence-corrected chi connectivity index (χ3v) is 11.2. The fraction of sp³-hybridized carbons (Fsp3) is 0.513. The maximum atomic E-state index is 12.1. The van der Waals surface area contributed by atoms with Crippen LogP contribution in [0.15, 0.2) is 42.6 Å². The normalized spacial score (nSPS) is 14.1. The molecular weight excluding hydrogens is 691 g/mol. The molecule has 5 rings (SSSR count). The summed E-state index contributed by atoms with van der Waals surface area (Å²) in [6.07, 6.45) is 5.87. The maximum absolute atomic E-state index is 12.1. The number of aromatic nitrogens is 5. The molecule has 5 aromatic rings. The van der Waals surface area contributed by atoms with Gasteiger partial charge >= 0.3 is 12.2 Å². The molecule has 0 aliphatic rings. The van der Waals surface area contributed by atoms with Gasteiger partial charge < -0.3 is 41.5 Å². The predicted molar refractivity (Wildman–Crippen MR) is 212 cm³/mol. The summed E-state index contributed by atoms with van der Waals surface area (Å²) < 4.78 is 9.77. The van der Waals surface area contributed by atoms with E-state index < -0.39 is 12.2 Å². The quantitative estimate of drug-likeness (QED) is 0.0528. The summed E-state index contributed by atoms with van der Waals surface area (Å²) in [5, 5.41) is 6.99. The number of H-pyrrole nitrogens is 2. The molecule has 2 unspecified atom stereocenters. The Kier molecular flexibility index (Phi) is 13.8. The Morgan fingerprint density at radius 2 is 1.34 bits per heavy atom. The van der Waals surface area contributed by atoms with Gasteiger partial charge in [-0.2, -0.15) is 0 Å². The van der Waals surface area contributed by atoms with Gasteiger partial charge in [0.05, 0.1) is 58.1 Å². The zero-order chi connectivity index (χ0) is 38.1. The van der Waals surface area contributed by atoms with Gasteiger partial charge in [-0.15, -0.1) is 11.3 Å². The van der Waals surface area contributed by atoms with Crippen molar-refractivity contribution in [2.45, 2.75) is 90.1 Å². The summed E-state index contributed by atoms with van der Waals surface area (Å²) in [7, 11) is 2.77. The number of alkyl carbamates (subject to hydrolysis) is 2. The second-order valence-corrected chi connectivity index (χ2v) is 15.5. The van der Waals surface area contributed by atoms with E-state index in [1.165, 1.54) is 14.2 Å². The minimum Gasteiger partial charge on any atom is -0.453 e. The molecule has 0 fully saturated rings. The van der Waals surface area contributed by atoms with Crippen LogP contribution in [0.5, 0.6) is 0 Å². The number of carbonyl (C=O) groups is 2. The average molecular weight is 746 g/mol. The van der Waals surface area contributed by atoms with Gasteiger partial charge in [0.2, 0.25) is 0 Å². The number of nitrogens with two attached hydrogens (primary N) is 2. The molecule has 0 aliphatic carbocycles. The first-order valence-corrected chi connectivity index (χ1v) is 19.4. The van der Waals surface area contributed by atoms with Gasteiger partial charge in [0.25, 0.3) is 0 Å². The van der Waals surface area contributed by atoms with Gasteiger partial charge in [-0.3, -0.25) is 0 Å². The second-order valence-electron chi connectivity index (χ2n) is 14.4. The van der Waals surface area contributed by atoms with E-state index in [1.54, 1.807) is 11.3 Å². The number of nitrogens with zero attached hydrogens (tertiary/aromatic N) is 3. The van der Waals surface area contributed by atoms with Crippen LogP contribution >= 0.6 is 11.3 Å². The largest absolute Gasteiger partial charge is 0.453 e. The summed E-state index contributed by atoms with van der Waals surface area (Å²) in [6.45, 7) is 9.54. The predicted octanol–water partition coefficient (Wildman–Crippen LogP) is 7.42. The monoisotopic (exact) mass is 745 g/mol. The van der Waals surface area contributed by atoms with Crippen LogP contribution in [0.2, 0.25) is 0 Å². The number of fused-ring (bicyclic) bond motifs is 3. The van der Waals surface area contributed by atoms with E-state index in [0.29, 0.717) is 19.5 Å². The standard InChI is InChI=1S/C39H55N9O4S/c1-22(2)30(46-38(49)51-5)19-24(9-7-17-40)36-42-21-32(45-36)34-16-15-33(53-34)28-12-11-26-27(43-28)13-14-29-35(26)48-37(44-29)25(10-8-18-41)20-31(23(3)4)47-39(50)52-6/h11-16,21-25,30-31H,7-10,17-20,40-41H2,1-6H3,(H,42,45)(H,44,48)(H,46,49)(H,47,50)/t24?,25?,30-,31-/m1/s1. The van der Waals surface area contributed by atoms with Crippen LogP contribution in [-0.4, -0.2) is 76.5 Å². The van der Waals surface area contributed by atoms with E-state index in [4.69, 9.17) is 35.9 Å². The molecule has 13 nitrogen and oxygen atoms in total. The van der Waals surface area contributed by atoms with Crippen molar-refractivity contribution in [3.8, 4) is 21.1 Å². The van der Waals surface area contributed by atoms with Crippen molar-refractivity contribution in [3.05, 3.63) is 54.2 Å². The molecule has 1 aromatic carbocycles. The SMILES string of the molecule is COC(=O)N[C@H](CC(CCCN)c1ncc(-c2ccc(-c3ccc4c(ccc5nc(C(CCCN)C[C@@H](NC(=O)OC)C(C)C)[nH]c54)n3)s2)[nH]1)C(C)C. The van der Waals surface area contributed by atoms with Gasteiger partial charge in [-0.25, -0.2) is 24.5 Å². The van der Waals surface area contributed by atoms with Crippen molar-refractivity contribution in [2.75, 3.05) is 27.3 Å². The van der Waals surface area contributed by atoms with Gasteiger partial charge in [0, 0.05) is 29.3 Å². The zero-order valence-corrected chi connectivity index (χ0v) is 32.5. The highest BCUT2D eigenvalue weighted by Crippen LogP contribution is 2.36. The molecule has 14 heteroatoms. The number of hydrogen-bond acceptors (Lipinski definition) is 10. The molecular formula is C39H55N9O4S. The van der Waals surface area contributed by atoms with Crippen LogP contribution in [0.1, 0.15) is 89.7 Å². The summed E-state index contributed by atoms with van der Waals surface area (Å²) in [5.74, 6) is 2.39. The van der Waals surface area contributed by atoms with Crippen molar-refractivity contribution in [1.29, 1.82) is 0 Å². The molecule has 53 heavy (non-hydrogen) atoms. The second kappa shape index (κ2) is 18.5. The number of benzene rings is 1. The number of imidazole rings is 2. The third-order valence-electron chi connectivity index (χ3n) is 10.0. The molecule has 0 bridgehead atoms. The van der Waals surface area contributed by atoms with Crippen molar-refractivity contribution in [2.24, 2.45) is 23.3 Å². The average Bonchev–Trinajstić information content (AvgIpc) is 3.94. The molecule has 8 N–H and O–H groups in total. The zero-order valence-electron chi connectivity index (χ0n) is 31.7. The van der Waals surface area contributed by atoms with Gasteiger partial charge in [0.1, 0.15) is 11.6 Å². The van der Waals surface area contributed by atoms with Crippen molar-refractivity contribution in [3.63, 3.8) is 0 Å². The number of amides is 2. The topological polar surface area (TPSA) is 199 Å². The number of methoxy groups -OCH3 is 2. The van der Waals surface area contributed by atoms with Gasteiger partial charge in [-0.05, 0) is 99.8 Å². The van der Waals surface area contributed by atoms with Crippen LogP contribution < -0.4 is 22.1 Å². The smallest absolute Gasteiger partial charge is 0.407 e. The molecule has 0 saturated heterocycles. The summed E-state index contributed by atoms with van der Waals surface area (Å²) >= 11 is 1.66. The lowest BCUT2D eigenvalue weighted by atomic mass is 9.89. The van der Waals surface area contributed by atoms with Crippen LogP contribution in [-0.2, 0) is 9.47 Å². The minimum atomic E-state index is -0.431. The van der Waals surface area contributed by atoms with Crippen LogP contribution in [0, 0.1) is 11.8 Å².